The highest BCUT2D eigenvalue weighted by Gasteiger charge is 2.17. The topological polar surface area (TPSA) is 12.0 Å². The van der Waals surface area contributed by atoms with Gasteiger partial charge in [-0.2, -0.15) is 0 Å². The van der Waals surface area contributed by atoms with Crippen molar-refractivity contribution in [1.82, 2.24) is 5.32 Å². The summed E-state index contributed by atoms with van der Waals surface area (Å²) < 4.78 is 13.3. The van der Waals surface area contributed by atoms with Crippen molar-refractivity contribution in [1.29, 1.82) is 0 Å². The Labute approximate surface area is 120 Å². The molecule has 19 heavy (non-hydrogen) atoms. The van der Waals surface area contributed by atoms with Gasteiger partial charge in [-0.15, -0.1) is 0 Å². The first-order chi connectivity index (χ1) is 9.16. The van der Waals surface area contributed by atoms with Gasteiger partial charge in [0.25, 0.3) is 0 Å². The van der Waals surface area contributed by atoms with Gasteiger partial charge in [-0.3, -0.25) is 0 Å². The lowest BCUT2D eigenvalue weighted by Crippen LogP contribution is -2.20. The average Bonchev–Trinajstić information content (AvgIpc) is 2.41. The minimum Gasteiger partial charge on any atom is -0.313 e. The molecule has 106 valence electrons. The highest BCUT2D eigenvalue weighted by Crippen LogP contribution is 2.30. The number of hydrogen-bond acceptors (Lipinski definition) is 1. The van der Waals surface area contributed by atoms with Gasteiger partial charge < -0.3 is 5.32 Å². The van der Waals surface area contributed by atoms with Crippen LogP contribution in [0.1, 0.15) is 44.6 Å². The smallest absolute Gasteiger partial charge is 0.142 e. The van der Waals surface area contributed by atoms with Crippen LogP contribution in [0.25, 0.3) is 0 Å². The zero-order valence-electron chi connectivity index (χ0n) is 11.6. The SMILES string of the molecule is CC1CCC(CCNCc2cccc(F)c2Cl)CC1. The second kappa shape index (κ2) is 7.25. The number of benzene rings is 1. The van der Waals surface area contributed by atoms with Crippen molar-refractivity contribution in [2.45, 2.75) is 45.6 Å². The monoisotopic (exact) mass is 283 g/mol. The molecule has 1 aliphatic rings. The number of nitrogens with one attached hydrogen (secondary N) is 1. The molecule has 1 aromatic carbocycles. The third kappa shape index (κ3) is 4.47. The molecule has 0 amide bonds. The molecule has 0 bridgehead atoms. The minimum atomic E-state index is -0.331. The summed E-state index contributed by atoms with van der Waals surface area (Å²) in [5.41, 5.74) is 0.846. The van der Waals surface area contributed by atoms with Gasteiger partial charge in [0.2, 0.25) is 0 Å². The maximum atomic E-state index is 13.3. The van der Waals surface area contributed by atoms with Gasteiger partial charge >= 0.3 is 0 Å². The van der Waals surface area contributed by atoms with E-state index in [1.165, 1.54) is 38.2 Å². The first-order valence-corrected chi connectivity index (χ1v) is 7.68. The Bertz CT molecular complexity index is 400. The van der Waals surface area contributed by atoms with E-state index in [0.29, 0.717) is 6.54 Å². The summed E-state index contributed by atoms with van der Waals surface area (Å²) in [6.07, 6.45) is 6.70. The van der Waals surface area contributed by atoms with Crippen molar-refractivity contribution in [2.75, 3.05) is 6.54 Å². The molecule has 0 saturated heterocycles. The van der Waals surface area contributed by atoms with Crippen molar-refractivity contribution >= 4 is 11.6 Å². The van der Waals surface area contributed by atoms with Crippen molar-refractivity contribution in [3.63, 3.8) is 0 Å². The van der Waals surface area contributed by atoms with Crippen LogP contribution in [0.3, 0.4) is 0 Å². The Balaban J connectivity index is 1.68. The largest absolute Gasteiger partial charge is 0.313 e. The van der Waals surface area contributed by atoms with Gasteiger partial charge in [0.05, 0.1) is 5.02 Å². The predicted molar refractivity (Wildman–Crippen MR) is 78.9 cm³/mol. The lowest BCUT2D eigenvalue weighted by atomic mass is 9.81. The summed E-state index contributed by atoms with van der Waals surface area (Å²) >= 11 is 5.92. The summed E-state index contributed by atoms with van der Waals surface area (Å²) in [4.78, 5) is 0. The van der Waals surface area contributed by atoms with Gasteiger partial charge in [0.15, 0.2) is 0 Å². The van der Waals surface area contributed by atoms with Crippen LogP contribution >= 0.6 is 11.6 Å². The fourth-order valence-electron chi connectivity index (χ4n) is 2.83. The van der Waals surface area contributed by atoms with E-state index < -0.39 is 0 Å². The average molecular weight is 284 g/mol. The molecule has 0 unspecified atom stereocenters. The number of hydrogen-bond donors (Lipinski definition) is 1. The molecule has 3 heteroatoms. The third-order valence-electron chi connectivity index (χ3n) is 4.21. The van der Waals surface area contributed by atoms with Gasteiger partial charge in [-0.1, -0.05) is 56.3 Å². The van der Waals surface area contributed by atoms with E-state index >= 15 is 0 Å². The zero-order valence-corrected chi connectivity index (χ0v) is 12.3. The standard InChI is InChI=1S/C16H23ClFN/c1-12-5-7-13(8-6-12)9-10-19-11-14-3-2-4-15(18)16(14)17/h2-4,12-13,19H,5-11H2,1H3. The van der Waals surface area contributed by atoms with E-state index in [4.69, 9.17) is 11.6 Å². The first kappa shape index (κ1) is 14.8. The van der Waals surface area contributed by atoms with E-state index in [-0.39, 0.29) is 10.8 Å². The van der Waals surface area contributed by atoms with E-state index in [1.807, 2.05) is 6.07 Å². The lowest BCUT2D eigenvalue weighted by Gasteiger charge is -2.26. The van der Waals surface area contributed by atoms with Crippen LogP contribution in [0.5, 0.6) is 0 Å². The van der Waals surface area contributed by atoms with E-state index in [9.17, 15) is 4.39 Å². The van der Waals surface area contributed by atoms with Crippen LogP contribution in [0.4, 0.5) is 4.39 Å². The van der Waals surface area contributed by atoms with Crippen LogP contribution < -0.4 is 5.32 Å². The molecule has 0 atom stereocenters. The fourth-order valence-corrected chi connectivity index (χ4v) is 3.02. The van der Waals surface area contributed by atoms with E-state index in [0.717, 1.165) is 23.9 Å². The summed E-state index contributed by atoms with van der Waals surface area (Å²) in [6, 6.07) is 4.98. The Hall–Kier alpha value is -0.600. The molecule has 1 aliphatic carbocycles. The molecular weight excluding hydrogens is 261 g/mol. The predicted octanol–water partition coefficient (Wildman–Crippen LogP) is 4.79. The van der Waals surface area contributed by atoms with Gasteiger partial charge in [0.1, 0.15) is 5.82 Å². The van der Waals surface area contributed by atoms with Crippen LogP contribution in [0.15, 0.2) is 18.2 Å². The molecule has 0 spiro atoms. The second-order valence-electron chi connectivity index (χ2n) is 5.80. The van der Waals surface area contributed by atoms with Crippen molar-refractivity contribution in [3.05, 3.63) is 34.6 Å². The molecular formula is C16H23ClFN. The fraction of sp³-hybridized carbons (Fsp3) is 0.625. The summed E-state index contributed by atoms with van der Waals surface area (Å²) in [5.74, 6) is 1.45. The number of halogens is 2. The molecule has 0 heterocycles. The quantitative estimate of drug-likeness (QED) is 0.767. The molecule has 1 N–H and O–H groups in total. The highest BCUT2D eigenvalue weighted by molar-refractivity contribution is 6.31. The van der Waals surface area contributed by atoms with Gasteiger partial charge in [-0.05, 0) is 36.4 Å². The molecule has 0 radical (unpaired) electrons. The summed E-state index contributed by atoms with van der Waals surface area (Å²) in [6.45, 7) is 3.99. The van der Waals surface area contributed by atoms with Crippen LogP contribution in [-0.4, -0.2) is 6.54 Å². The second-order valence-corrected chi connectivity index (χ2v) is 6.18. The van der Waals surface area contributed by atoms with E-state index in [2.05, 4.69) is 12.2 Å². The molecule has 0 aliphatic heterocycles. The summed E-state index contributed by atoms with van der Waals surface area (Å²) in [7, 11) is 0. The van der Waals surface area contributed by atoms with E-state index in [1.54, 1.807) is 6.07 Å². The molecule has 1 aromatic rings. The zero-order chi connectivity index (χ0) is 13.7. The van der Waals surface area contributed by atoms with Crippen LogP contribution in [0, 0.1) is 17.7 Å². The normalized spacial score (nSPS) is 23.5. The maximum Gasteiger partial charge on any atom is 0.142 e. The summed E-state index contributed by atoms with van der Waals surface area (Å²) in [5, 5.41) is 3.63. The lowest BCUT2D eigenvalue weighted by molar-refractivity contribution is 0.275. The minimum absolute atomic E-state index is 0.251. The van der Waals surface area contributed by atoms with Crippen molar-refractivity contribution in [2.24, 2.45) is 11.8 Å². The van der Waals surface area contributed by atoms with Crippen LogP contribution in [0.2, 0.25) is 5.02 Å². The van der Waals surface area contributed by atoms with Crippen LogP contribution in [-0.2, 0) is 6.54 Å². The van der Waals surface area contributed by atoms with Gasteiger partial charge in [0, 0.05) is 6.54 Å². The highest BCUT2D eigenvalue weighted by atomic mass is 35.5. The Morgan fingerprint density at radius 1 is 1.26 bits per heavy atom. The first-order valence-electron chi connectivity index (χ1n) is 7.30. The molecule has 2 rings (SSSR count). The number of rotatable bonds is 5. The third-order valence-corrected chi connectivity index (χ3v) is 4.64. The maximum absolute atomic E-state index is 13.3. The molecule has 1 nitrogen and oxygen atoms in total. The van der Waals surface area contributed by atoms with Crippen molar-refractivity contribution in [3.8, 4) is 0 Å². The Morgan fingerprint density at radius 2 is 2.00 bits per heavy atom. The molecule has 1 fully saturated rings. The Morgan fingerprint density at radius 3 is 2.74 bits per heavy atom. The Kier molecular flexibility index (Phi) is 5.65. The molecule has 0 aromatic heterocycles. The van der Waals surface area contributed by atoms with Crippen molar-refractivity contribution < 1.29 is 4.39 Å². The molecule has 1 saturated carbocycles. The van der Waals surface area contributed by atoms with Gasteiger partial charge in [-0.25, -0.2) is 4.39 Å².